The molecular weight excluding hydrogens is 270 g/mol. The average Bonchev–Trinajstić information content (AvgIpc) is 3.29. The molecule has 1 heterocycles. The molecular formula is C15H17N3O3. The number of carbonyl (C=O) groups is 2. The molecule has 3 N–H and O–H groups in total. The fourth-order valence-electron chi connectivity index (χ4n) is 1.67. The van der Waals surface area contributed by atoms with Crippen LogP contribution in [0.3, 0.4) is 0 Å². The maximum absolute atomic E-state index is 12.1. The van der Waals surface area contributed by atoms with Crippen molar-refractivity contribution >= 4 is 11.8 Å². The first kappa shape index (κ1) is 15.0. The number of amides is 2. The van der Waals surface area contributed by atoms with E-state index in [0.29, 0.717) is 17.5 Å². The molecule has 6 heteroatoms. The molecule has 0 bridgehead atoms. The highest BCUT2D eigenvalue weighted by atomic mass is 16.2. The predicted molar refractivity (Wildman–Crippen MR) is 76.3 cm³/mol. The van der Waals surface area contributed by atoms with Crippen LogP contribution in [0.4, 0.5) is 0 Å². The minimum atomic E-state index is -0.364. The number of carbonyl (C=O) groups excluding carboxylic acids is 2. The van der Waals surface area contributed by atoms with Gasteiger partial charge in [0.1, 0.15) is 0 Å². The summed E-state index contributed by atoms with van der Waals surface area (Å²) in [6.45, 7) is -0.0860. The van der Waals surface area contributed by atoms with Gasteiger partial charge in [0, 0.05) is 24.9 Å². The summed E-state index contributed by atoms with van der Waals surface area (Å²) in [4.78, 5) is 27.5. The molecule has 1 fully saturated rings. The van der Waals surface area contributed by atoms with Crippen molar-refractivity contribution in [3.8, 4) is 11.8 Å². The Morgan fingerprint density at radius 1 is 1.43 bits per heavy atom. The van der Waals surface area contributed by atoms with Gasteiger partial charge in [-0.25, -0.2) is 0 Å². The molecule has 0 radical (unpaired) electrons. The topological polar surface area (TPSA) is 91.3 Å². The zero-order valence-corrected chi connectivity index (χ0v) is 11.6. The molecule has 0 unspecified atom stereocenters. The SMILES string of the molecule is O=C(CNC(=O)c1ccncc1C#CCCO)NC1CC1. The van der Waals surface area contributed by atoms with Crippen molar-refractivity contribution in [2.24, 2.45) is 0 Å². The van der Waals surface area contributed by atoms with Crippen molar-refractivity contribution in [3.63, 3.8) is 0 Å². The van der Waals surface area contributed by atoms with Gasteiger partial charge in [0.25, 0.3) is 5.91 Å². The lowest BCUT2D eigenvalue weighted by Gasteiger charge is -2.07. The van der Waals surface area contributed by atoms with E-state index >= 15 is 0 Å². The van der Waals surface area contributed by atoms with Gasteiger partial charge >= 0.3 is 0 Å². The van der Waals surface area contributed by atoms with Gasteiger partial charge in [-0.2, -0.15) is 0 Å². The fourth-order valence-corrected chi connectivity index (χ4v) is 1.67. The third-order valence-corrected chi connectivity index (χ3v) is 2.88. The van der Waals surface area contributed by atoms with Crippen molar-refractivity contribution < 1.29 is 14.7 Å². The van der Waals surface area contributed by atoms with Crippen LogP contribution >= 0.6 is 0 Å². The van der Waals surface area contributed by atoms with Gasteiger partial charge in [0.15, 0.2) is 0 Å². The second kappa shape index (κ2) is 7.41. The molecule has 2 amide bonds. The third kappa shape index (κ3) is 4.89. The number of aromatic nitrogens is 1. The smallest absolute Gasteiger partial charge is 0.253 e. The Bertz CT molecular complexity index is 585. The highest BCUT2D eigenvalue weighted by Gasteiger charge is 2.23. The van der Waals surface area contributed by atoms with E-state index in [-0.39, 0.29) is 31.0 Å². The van der Waals surface area contributed by atoms with Crippen molar-refractivity contribution in [3.05, 3.63) is 29.6 Å². The molecule has 0 atom stereocenters. The van der Waals surface area contributed by atoms with Crippen LogP contribution in [-0.4, -0.2) is 41.1 Å². The second-order valence-electron chi connectivity index (χ2n) is 4.72. The quantitative estimate of drug-likeness (QED) is 0.655. The highest BCUT2D eigenvalue weighted by molar-refractivity contribution is 5.98. The molecule has 21 heavy (non-hydrogen) atoms. The van der Waals surface area contributed by atoms with E-state index in [1.165, 1.54) is 12.4 Å². The van der Waals surface area contributed by atoms with Crippen LogP contribution in [0.1, 0.15) is 35.2 Å². The van der Waals surface area contributed by atoms with E-state index in [0.717, 1.165) is 12.8 Å². The number of aliphatic hydroxyl groups excluding tert-OH is 1. The summed E-state index contributed by atoms with van der Waals surface area (Å²) in [5.41, 5.74) is 0.848. The normalized spacial score (nSPS) is 13.0. The first-order chi connectivity index (χ1) is 10.2. The lowest BCUT2D eigenvalue weighted by atomic mass is 10.1. The van der Waals surface area contributed by atoms with Gasteiger partial charge in [0.2, 0.25) is 5.91 Å². The van der Waals surface area contributed by atoms with Crippen molar-refractivity contribution in [1.29, 1.82) is 0 Å². The number of nitrogens with one attached hydrogen (secondary N) is 2. The van der Waals surface area contributed by atoms with Gasteiger partial charge in [-0.15, -0.1) is 0 Å². The first-order valence-electron chi connectivity index (χ1n) is 6.82. The number of hydrogen-bond donors (Lipinski definition) is 3. The molecule has 0 aliphatic heterocycles. The zero-order valence-electron chi connectivity index (χ0n) is 11.6. The summed E-state index contributed by atoms with van der Waals surface area (Å²) < 4.78 is 0. The van der Waals surface area contributed by atoms with E-state index in [1.54, 1.807) is 6.07 Å². The lowest BCUT2D eigenvalue weighted by Crippen LogP contribution is -2.38. The molecule has 110 valence electrons. The zero-order chi connectivity index (χ0) is 15.1. The van der Waals surface area contributed by atoms with E-state index < -0.39 is 0 Å². The number of aliphatic hydroxyl groups is 1. The first-order valence-corrected chi connectivity index (χ1v) is 6.82. The molecule has 0 saturated heterocycles. The van der Waals surface area contributed by atoms with Crippen molar-refractivity contribution in [2.45, 2.75) is 25.3 Å². The molecule has 1 aromatic heterocycles. The van der Waals surface area contributed by atoms with Gasteiger partial charge in [-0.1, -0.05) is 11.8 Å². The number of hydrogen-bond acceptors (Lipinski definition) is 4. The Morgan fingerprint density at radius 3 is 2.95 bits per heavy atom. The van der Waals surface area contributed by atoms with Crippen LogP contribution in [0, 0.1) is 11.8 Å². The van der Waals surface area contributed by atoms with E-state index in [1.807, 2.05) is 0 Å². The number of pyridine rings is 1. The fraction of sp³-hybridized carbons (Fsp3) is 0.400. The van der Waals surface area contributed by atoms with Gasteiger partial charge < -0.3 is 15.7 Å². The number of nitrogens with zero attached hydrogens (tertiary/aromatic N) is 1. The van der Waals surface area contributed by atoms with Gasteiger partial charge in [-0.3, -0.25) is 14.6 Å². The van der Waals surface area contributed by atoms with E-state index in [4.69, 9.17) is 5.11 Å². The van der Waals surface area contributed by atoms with Crippen LogP contribution in [0.25, 0.3) is 0 Å². The summed E-state index contributed by atoms with van der Waals surface area (Å²) in [5.74, 6) is 4.99. The minimum Gasteiger partial charge on any atom is -0.395 e. The minimum absolute atomic E-state index is 0.0316. The van der Waals surface area contributed by atoms with Gasteiger partial charge in [-0.05, 0) is 18.9 Å². The van der Waals surface area contributed by atoms with Crippen molar-refractivity contribution in [2.75, 3.05) is 13.2 Å². The maximum Gasteiger partial charge on any atom is 0.253 e. The lowest BCUT2D eigenvalue weighted by molar-refractivity contribution is -0.120. The van der Waals surface area contributed by atoms with Crippen LogP contribution in [0.2, 0.25) is 0 Å². The maximum atomic E-state index is 12.1. The summed E-state index contributed by atoms with van der Waals surface area (Å²) in [6, 6.07) is 1.83. The molecule has 0 aromatic carbocycles. The Morgan fingerprint density at radius 2 is 2.24 bits per heavy atom. The standard InChI is InChI=1S/C15H17N3O3/c19-8-2-1-3-11-9-16-7-6-13(11)15(21)17-10-14(20)18-12-4-5-12/h6-7,9,12,19H,2,4-5,8,10H2,(H,17,21)(H,18,20). The van der Waals surface area contributed by atoms with Crippen LogP contribution in [-0.2, 0) is 4.79 Å². The highest BCUT2D eigenvalue weighted by Crippen LogP contribution is 2.18. The Balaban J connectivity index is 1.94. The molecule has 1 saturated carbocycles. The summed E-state index contributed by atoms with van der Waals surface area (Å²) in [6.07, 6.45) is 5.34. The molecule has 1 aliphatic carbocycles. The van der Waals surface area contributed by atoms with E-state index in [9.17, 15) is 9.59 Å². The largest absolute Gasteiger partial charge is 0.395 e. The molecule has 0 spiro atoms. The monoisotopic (exact) mass is 287 g/mol. The Hall–Kier alpha value is -2.39. The average molecular weight is 287 g/mol. The third-order valence-electron chi connectivity index (χ3n) is 2.88. The van der Waals surface area contributed by atoms with Crippen LogP contribution in [0.15, 0.2) is 18.5 Å². The summed E-state index contributed by atoms with van der Waals surface area (Å²) >= 11 is 0. The molecule has 1 aliphatic rings. The van der Waals surface area contributed by atoms with E-state index in [2.05, 4.69) is 27.5 Å². The van der Waals surface area contributed by atoms with Crippen molar-refractivity contribution in [1.82, 2.24) is 15.6 Å². The Kier molecular flexibility index (Phi) is 5.29. The molecule has 6 nitrogen and oxygen atoms in total. The predicted octanol–water partition coefficient (Wildman–Crippen LogP) is -0.176. The molecule has 2 rings (SSSR count). The van der Waals surface area contributed by atoms with Gasteiger partial charge in [0.05, 0.1) is 24.3 Å². The summed E-state index contributed by atoms with van der Waals surface area (Å²) in [7, 11) is 0. The Labute approximate surface area is 123 Å². The summed E-state index contributed by atoms with van der Waals surface area (Å²) in [5, 5.41) is 14.1. The molecule has 1 aromatic rings. The second-order valence-corrected chi connectivity index (χ2v) is 4.72. The van der Waals surface area contributed by atoms with Crippen LogP contribution in [0.5, 0.6) is 0 Å². The number of rotatable bonds is 5. The van der Waals surface area contributed by atoms with Crippen LogP contribution < -0.4 is 10.6 Å².